The van der Waals surface area contributed by atoms with Gasteiger partial charge in [-0.1, -0.05) is 42.8 Å². The standard InChI is InChI=1S/C20H27N3O3S/c1-3-21-14-15-22-20(24)13-16-23(18-11-9-17(2)10-12-18)27(25,26)19-7-5-4-6-8-19/h4-12,21H,3,13-16H2,1-2H3,(H,22,24). The molecule has 0 radical (unpaired) electrons. The maximum atomic E-state index is 13.1. The minimum absolute atomic E-state index is 0.0767. The summed E-state index contributed by atoms with van der Waals surface area (Å²) in [7, 11) is -3.75. The third kappa shape index (κ3) is 6.08. The monoisotopic (exact) mass is 389 g/mol. The first-order chi connectivity index (χ1) is 12.9. The second-order valence-corrected chi connectivity index (χ2v) is 8.04. The quantitative estimate of drug-likeness (QED) is 0.611. The number of nitrogens with one attached hydrogen (secondary N) is 2. The average Bonchev–Trinajstić information content (AvgIpc) is 2.67. The van der Waals surface area contributed by atoms with Gasteiger partial charge in [-0.3, -0.25) is 9.10 Å². The van der Waals surface area contributed by atoms with Crippen molar-refractivity contribution in [1.29, 1.82) is 0 Å². The van der Waals surface area contributed by atoms with Crippen LogP contribution in [0.4, 0.5) is 5.69 Å². The molecule has 0 aromatic heterocycles. The molecule has 0 saturated carbocycles. The summed E-state index contributed by atoms with van der Waals surface area (Å²) in [5, 5.41) is 5.93. The van der Waals surface area contributed by atoms with Crippen LogP contribution in [0.25, 0.3) is 0 Å². The van der Waals surface area contributed by atoms with Crippen LogP contribution in [0.1, 0.15) is 18.9 Å². The molecule has 2 N–H and O–H groups in total. The Morgan fingerprint density at radius 1 is 1.00 bits per heavy atom. The zero-order valence-corrected chi connectivity index (χ0v) is 16.6. The van der Waals surface area contributed by atoms with E-state index in [9.17, 15) is 13.2 Å². The molecule has 146 valence electrons. The molecule has 0 bridgehead atoms. The van der Waals surface area contributed by atoms with Crippen LogP contribution < -0.4 is 14.9 Å². The van der Waals surface area contributed by atoms with E-state index in [1.807, 2.05) is 26.0 Å². The summed E-state index contributed by atoms with van der Waals surface area (Å²) in [6, 6.07) is 15.5. The van der Waals surface area contributed by atoms with Gasteiger partial charge in [0.2, 0.25) is 5.91 Å². The SMILES string of the molecule is CCNCCNC(=O)CCN(c1ccc(C)cc1)S(=O)(=O)c1ccccc1. The van der Waals surface area contributed by atoms with Crippen molar-refractivity contribution >= 4 is 21.6 Å². The number of hydrogen-bond acceptors (Lipinski definition) is 4. The summed E-state index contributed by atoms with van der Waals surface area (Å²) in [5.74, 6) is -0.173. The Labute approximate surface area is 161 Å². The number of nitrogens with zero attached hydrogens (tertiary/aromatic N) is 1. The van der Waals surface area contributed by atoms with Gasteiger partial charge < -0.3 is 10.6 Å². The first kappa shape index (κ1) is 20.9. The lowest BCUT2D eigenvalue weighted by Crippen LogP contribution is -2.37. The fraction of sp³-hybridized carbons (Fsp3) is 0.350. The molecule has 0 fully saturated rings. The molecule has 0 aliphatic heterocycles. The van der Waals surface area contributed by atoms with Gasteiger partial charge in [0.25, 0.3) is 10.0 Å². The number of carbonyl (C=O) groups is 1. The maximum Gasteiger partial charge on any atom is 0.264 e. The molecule has 27 heavy (non-hydrogen) atoms. The van der Waals surface area contributed by atoms with E-state index in [0.717, 1.165) is 12.1 Å². The minimum Gasteiger partial charge on any atom is -0.355 e. The smallest absolute Gasteiger partial charge is 0.264 e. The van der Waals surface area contributed by atoms with Gasteiger partial charge in [0, 0.05) is 26.1 Å². The van der Waals surface area contributed by atoms with Gasteiger partial charge >= 0.3 is 0 Å². The highest BCUT2D eigenvalue weighted by Crippen LogP contribution is 2.24. The van der Waals surface area contributed by atoms with Crippen molar-refractivity contribution < 1.29 is 13.2 Å². The molecule has 0 aliphatic rings. The number of likely N-dealkylation sites (N-methyl/N-ethyl adjacent to an activating group) is 1. The van der Waals surface area contributed by atoms with E-state index in [2.05, 4.69) is 10.6 Å². The van der Waals surface area contributed by atoms with E-state index >= 15 is 0 Å². The zero-order valence-electron chi connectivity index (χ0n) is 15.8. The van der Waals surface area contributed by atoms with Crippen LogP contribution in [0.5, 0.6) is 0 Å². The Bertz CT molecular complexity index is 821. The summed E-state index contributed by atoms with van der Waals surface area (Å²) in [6.07, 6.45) is 0.0894. The molecule has 2 aromatic carbocycles. The van der Waals surface area contributed by atoms with Gasteiger partial charge in [-0.05, 0) is 37.7 Å². The number of hydrogen-bond donors (Lipinski definition) is 2. The molecule has 7 heteroatoms. The maximum absolute atomic E-state index is 13.1. The predicted molar refractivity (Wildman–Crippen MR) is 108 cm³/mol. The highest BCUT2D eigenvalue weighted by molar-refractivity contribution is 7.92. The summed E-state index contributed by atoms with van der Waals surface area (Å²) in [4.78, 5) is 12.3. The molecule has 0 aliphatic carbocycles. The normalized spacial score (nSPS) is 11.2. The Kier molecular flexibility index (Phi) is 7.82. The van der Waals surface area contributed by atoms with E-state index in [-0.39, 0.29) is 23.8 Å². The first-order valence-electron chi connectivity index (χ1n) is 9.07. The van der Waals surface area contributed by atoms with Crippen molar-refractivity contribution in [3.63, 3.8) is 0 Å². The predicted octanol–water partition coefficient (Wildman–Crippen LogP) is 2.31. The van der Waals surface area contributed by atoms with E-state index in [1.54, 1.807) is 42.5 Å². The lowest BCUT2D eigenvalue weighted by Gasteiger charge is -2.24. The molecule has 0 spiro atoms. The number of carbonyl (C=O) groups excluding carboxylic acids is 1. The molecular formula is C20H27N3O3S. The van der Waals surface area contributed by atoms with E-state index in [4.69, 9.17) is 0 Å². The third-order valence-corrected chi connectivity index (χ3v) is 5.91. The van der Waals surface area contributed by atoms with E-state index in [1.165, 1.54) is 4.31 Å². The number of amides is 1. The highest BCUT2D eigenvalue weighted by atomic mass is 32.2. The number of anilines is 1. The van der Waals surface area contributed by atoms with Crippen molar-refractivity contribution in [2.45, 2.75) is 25.2 Å². The lowest BCUT2D eigenvalue weighted by molar-refractivity contribution is -0.120. The molecule has 0 heterocycles. The Morgan fingerprint density at radius 3 is 2.30 bits per heavy atom. The number of benzene rings is 2. The van der Waals surface area contributed by atoms with E-state index < -0.39 is 10.0 Å². The molecule has 6 nitrogen and oxygen atoms in total. The zero-order chi connectivity index (χ0) is 19.7. The Hall–Kier alpha value is -2.38. The fourth-order valence-electron chi connectivity index (χ4n) is 2.58. The van der Waals surface area contributed by atoms with Gasteiger partial charge in [-0.2, -0.15) is 0 Å². The largest absolute Gasteiger partial charge is 0.355 e. The minimum atomic E-state index is -3.75. The molecule has 0 atom stereocenters. The second kappa shape index (κ2) is 10.1. The summed E-state index contributed by atoms with van der Waals surface area (Å²) < 4.78 is 27.5. The molecule has 2 aromatic rings. The molecule has 0 unspecified atom stereocenters. The van der Waals surface area contributed by atoms with Crippen LogP contribution in [-0.2, 0) is 14.8 Å². The van der Waals surface area contributed by atoms with Gasteiger partial charge in [0.05, 0.1) is 10.6 Å². The molecule has 2 rings (SSSR count). The fourth-order valence-corrected chi connectivity index (χ4v) is 4.06. The van der Waals surface area contributed by atoms with Gasteiger partial charge in [-0.25, -0.2) is 8.42 Å². The van der Waals surface area contributed by atoms with Crippen molar-refractivity contribution in [3.8, 4) is 0 Å². The van der Waals surface area contributed by atoms with Crippen molar-refractivity contribution in [2.24, 2.45) is 0 Å². The summed E-state index contributed by atoms with van der Waals surface area (Å²) >= 11 is 0. The molecule has 1 amide bonds. The Morgan fingerprint density at radius 2 is 1.67 bits per heavy atom. The van der Waals surface area contributed by atoms with Gasteiger partial charge in [0.15, 0.2) is 0 Å². The van der Waals surface area contributed by atoms with Crippen LogP contribution in [-0.4, -0.2) is 40.5 Å². The van der Waals surface area contributed by atoms with E-state index in [0.29, 0.717) is 18.8 Å². The summed E-state index contributed by atoms with van der Waals surface area (Å²) in [6.45, 7) is 6.06. The van der Waals surface area contributed by atoms with Crippen LogP contribution in [0, 0.1) is 6.92 Å². The van der Waals surface area contributed by atoms with Crippen molar-refractivity contribution in [2.75, 3.05) is 30.5 Å². The second-order valence-electron chi connectivity index (χ2n) is 6.18. The van der Waals surface area contributed by atoms with Crippen molar-refractivity contribution in [1.82, 2.24) is 10.6 Å². The topological polar surface area (TPSA) is 78.5 Å². The third-order valence-electron chi connectivity index (χ3n) is 4.07. The van der Waals surface area contributed by atoms with Gasteiger partial charge in [0.1, 0.15) is 0 Å². The lowest BCUT2D eigenvalue weighted by atomic mass is 10.2. The van der Waals surface area contributed by atoms with Crippen LogP contribution in [0.2, 0.25) is 0 Å². The molecular weight excluding hydrogens is 362 g/mol. The first-order valence-corrected chi connectivity index (χ1v) is 10.5. The highest BCUT2D eigenvalue weighted by Gasteiger charge is 2.25. The van der Waals surface area contributed by atoms with Crippen LogP contribution in [0.3, 0.4) is 0 Å². The number of sulfonamides is 1. The molecule has 0 saturated heterocycles. The average molecular weight is 390 g/mol. The van der Waals surface area contributed by atoms with Crippen LogP contribution in [0.15, 0.2) is 59.5 Å². The Balaban J connectivity index is 2.16. The number of rotatable bonds is 10. The van der Waals surface area contributed by atoms with Gasteiger partial charge in [-0.15, -0.1) is 0 Å². The number of aryl methyl sites for hydroxylation is 1. The summed E-state index contributed by atoms with van der Waals surface area (Å²) in [5.41, 5.74) is 1.59. The van der Waals surface area contributed by atoms with Crippen molar-refractivity contribution in [3.05, 3.63) is 60.2 Å². The van der Waals surface area contributed by atoms with Crippen LogP contribution >= 0.6 is 0 Å².